The van der Waals surface area contributed by atoms with Gasteiger partial charge in [0.15, 0.2) is 0 Å². The van der Waals surface area contributed by atoms with E-state index in [9.17, 15) is 9.36 Å². The third-order valence-electron chi connectivity index (χ3n) is 1.23. The molecule has 1 amide bonds. The number of carbonyl (C=O) groups is 1. The van der Waals surface area contributed by atoms with Gasteiger partial charge in [-0.3, -0.25) is 4.90 Å². The Morgan fingerprint density at radius 2 is 2.20 bits per heavy atom. The molecular weight excluding hydrogens is 161 g/mol. The van der Waals surface area contributed by atoms with Gasteiger partial charge in [-0.1, -0.05) is 0 Å². The number of phosphoric ester groups is 1. The van der Waals surface area contributed by atoms with Crippen molar-refractivity contribution in [2.24, 2.45) is 0 Å². The van der Waals surface area contributed by atoms with Crippen molar-refractivity contribution in [3.8, 4) is 0 Å². The lowest BCUT2D eigenvalue weighted by Crippen LogP contribution is -2.50. The highest BCUT2D eigenvalue weighted by Gasteiger charge is 2.57. The van der Waals surface area contributed by atoms with Crippen LogP contribution >= 0.6 is 7.82 Å². The van der Waals surface area contributed by atoms with Gasteiger partial charge in [0.05, 0.1) is 0 Å². The predicted molar refractivity (Wildman–Crippen MR) is 27.8 cm³/mol. The Balaban J connectivity index is 2.24. The minimum Gasteiger partial charge on any atom is -0.353 e. The number of hydrogen-bond donors (Lipinski definition) is 0. The Kier molecular flexibility index (Phi) is 0.940. The first kappa shape index (κ1) is 6.15. The fourth-order valence-electron chi connectivity index (χ4n) is 0.659. The topological polar surface area (TPSA) is 65.1 Å². The van der Waals surface area contributed by atoms with Crippen LogP contribution in [0.15, 0.2) is 0 Å². The zero-order chi connectivity index (χ0) is 7.35. The van der Waals surface area contributed by atoms with Gasteiger partial charge in [0, 0.05) is 7.05 Å². The van der Waals surface area contributed by atoms with E-state index in [4.69, 9.17) is 0 Å². The summed E-state index contributed by atoms with van der Waals surface area (Å²) < 4.78 is 24.1. The first-order chi connectivity index (χ1) is 4.61. The van der Waals surface area contributed by atoms with Crippen molar-refractivity contribution in [2.75, 3.05) is 7.05 Å². The molecule has 0 radical (unpaired) electrons. The van der Waals surface area contributed by atoms with Gasteiger partial charge in [-0.05, 0) is 0 Å². The van der Waals surface area contributed by atoms with Crippen molar-refractivity contribution in [3.63, 3.8) is 0 Å². The van der Waals surface area contributed by atoms with Gasteiger partial charge in [0.1, 0.15) is 0 Å². The highest BCUT2D eigenvalue weighted by molar-refractivity contribution is 7.50. The van der Waals surface area contributed by atoms with Crippen molar-refractivity contribution >= 4 is 13.9 Å². The summed E-state index contributed by atoms with van der Waals surface area (Å²) in [5.74, 6) is 0. The molecule has 3 heterocycles. The molecule has 0 spiro atoms. The largest absolute Gasteiger partial charge is 0.541 e. The van der Waals surface area contributed by atoms with E-state index >= 15 is 0 Å². The van der Waals surface area contributed by atoms with Gasteiger partial charge in [-0.15, -0.1) is 0 Å². The van der Waals surface area contributed by atoms with Gasteiger partial charge >= 0.3 is 13.9 Å². The van der Waals surface area contributed by atoms with E-state index < -0.39 is 20.3 Å². The lowest BCUT2D eigenvalue weighted by Gasteiger charge is -2.42. The van der Waals surface area contributed by atoms with Crippen LogP contribution in [-0.2, 0) is 18.1 Å². The van der Waals surface area contributed by atoms with E-state index in [2.05, 4.69) is 13.6 Å². The fraction of sp³-hybridized carbons (Fsp3) is 0.667. The molecule has 0 atom stereocenters. The maximum atomic E-state index is 10.7. The van der Waals surface area contributed by atoms with E-state index in [1.165, 1.54) is 7.05 Å². The summed E-state index contributed by atoms with van der Waals surface area (Å²) in [7, 11) is -2.00. The van der Waals surface area contributed by atoms with Gasteiger partial charge < -0.3 is 4.52 Å². The second-order valence-electron chi connectivity index (χ2n) is 1.93. The molecule has 2 bridgehead atoms. The van der Waals surface area contributed by atoms with E-state index in [0.717, 1.165) is 4.90 Å². The normalized spacial score (nSPS) is 44.3. The van der Waals surface area contributed by atoms with Crippen molar-refractivity contribution in [3.05, 3.63) is 0 Å². The molecule has 0 saturated carbocycles. The first-order valence-corrected chi connectivity index (χ1v) is 4.00. The molecule has 0 N–H and O–H groups in total. The summed E-state index contributed by atoms with van der Waals surface area (Å²) in [5.41, 5.74) is 0. The molecule has 10 heavy (non-hydrogen) atoms. The monoisotopic (exact) mass is 165 g/mol. The highest BCUT2D eigenvalue weighted by Crippen LogP contribution is 2.64. The van der Waals surface area contributed by atoms with E-state index in [1.807, 2.05) is 0 Å². The highest BCUT2D eigenvalue weighted by atomic mass is 31.2. The second kappa shape index (κ2) is 1.53. The number of hydrogen-bond acceptors (Lipinski definition) is 5. The summed E-state index contributed by atoms with van der Waals surface area (Å²) in [5, 5.41) is 0. The Morgan fingerprint density at radius 1 is 1.60 bits per heavy atom. The number of phosphoric acid groups is 1. The van der Waals surface area contributed by atoms with E-state index in [1.54, 1.807) is 0 Å². The lowest BCUT2D eigenvalue weighted by molar-refractivity contribution is -0.209. The van der Waals surface area contributed by atoms with Gasteiger partial charge in [0.2, 0.25) is 0 Å². The molecule has 0 unspecified atom stereocenters. The molecule has 56 valence electrons. The number of carbonyl (C=O) groups excluding carboxylic acids is 1. The zero-order valence-electron chi connectivity index (χ0n) is 5.01. The third kappa shape index (κ3) is 0.608. The lowest BCUT2D eigenvalue weighted by atomic mass is 10.8. The van der Waals surface area contributed by atoms with Gasteiger partial charge in [0.25, 0.3) is 6.41 Å². The maximum absolute atomic E-state index is 10.7. The molecule has 7 heteroatoms. The Morgan fingerprint density at radius 3 is 2.60 bits per heavy atom. The zero-order valence-corrected chi connectivity index (χ0v) is 5.91. The minimum atomic E-state index is -3.43. The SMILES string of the molecule is CN1C(=O)OP2(=O)OC1O2. The van der Waals surface area contributed by atoms with Crippen LogP contribution < -0.4 is 0 Å². The van der Waals surface area contributed by atoms with Crippen LogP contribution in [0.2, 0.25) is 0 Å². The molecular formula is C3H4NO5P. The van der Waals surface area contributed by atoms with Crippen LogP contribution in [0.4, 0.5) is 4.79 Å². The average molecular weight is 165 g/mol. The quantitative estimate of drug-likeness (QED) is 0.489. The predicted octanol–water partition coefficient (Wildman–Crippen LogP) is 0.507. The molecule has 0 aliphatic carbocycles. The molecule has 0 aromatic rings. The Bertz CT molecular complexity index is 229. The summed E-state index contributed by atoms with van der Waals surface area (Å²) in [6.07, 6.45) is -1.49. The Hall–Kier alpha value is -0.580. The molecule has 0 aromatic carbocycles. The first-order valence-electron chi connectivity index (χ1n) is 2.54. The van der Waals surface area contributed by atoms with E-state index in [-0.39, 0.29) is 0 Å². The minimum absolute atomic E-state index is 0.675. The standard InChI is InChI=1S/C3H4NO5P/c1-4-2(5)7-10(6)8-3(4)9-10/h3H,1H3. The Labute approximate surface area is 56.3 Å². The molecule has 3 saturated heterocycles. The van der Waals surface area contributed by atoms with Crippen LogP contribution in [0, 0.1) is 0 Å². The maximum Gasteiger partial charge on any atom is 0.541 e. The van der Waals surface area contributed by atoms with Crippen LogP contribution in [-0.4, -0.2) is 24.5 Å². The smallest absolute Gasteiger partial charge is 0.353 e. The van der Waals surface area contributed by atoms with Crippen molar-refractivity contribution in [1.29, 1.82) is 0 Å². The summed E-state index contributed by atoms with van der Waals surface area (Å²) in [4.78, 5) is 11.7. The van der Waals surface area contributed by atoms with Crippen molar-refractivity contribution in [2.45, 2.75) is 6.41 Å². The molecule has 3 aliphatic heterocycles. The van der Waals surface area contributed by atoms with Crippen LogP contribution in [0.25, 0.3) is 0 Å². The molecule has 0 aromatic heterocycles. The summed E-state index contributed by atoms with van der Waals surface area (Å²) in [6.45, 7) is 0. The average Bonchev–Trinajstić information content (AvgIpc) is 1.77. The third-order valence-corrected chi connectivity index (χ3v) is 2.49. The molecule has 3 fully saturated rings. The van der Waals surface area contributed by atoms with E-state index in [0.29, 0.717) is 0 Å². The van der Waals surface area contributed by atoms with Gasteiger partial charge in [-0.2, -0.15) is 0 Å². The number of fused-ring (bicyclic) bond motifs is 2. The number of amides is 1. The molecule has 3 aliphatic rings. The van der Waals surface area contributed by atoms with Gasteiger partial charge in [-0.25, -0.2) is 18.4 Å². The van der Waals surface area contributed by atoms with Crippen molar-refractivity contribution < 1.29 is 22.9 Å². The molecule has 3 rings (SSSR count). The van der Waals surface area contributed by atoms with Crippen LogP contribution in [0.3, 0.4) is 0 Å². The number of rotatable bonds is 0. The molecule has 6 nitrogen and oxygen atoms in total. The van der Waals surface area contributed by atoms with Crippen molar-refractivity contribution in [1.82, 2.24) is 4.90 Å². The summed E-state index contributed by atoms with van der Waals surface area (Å²) in [6, 6.07) is 0. The number of nitrogens with zero attached hydrogens (tertiary/aromatic N) is 1. The summed E-state index contributed by atoms with van der Waals surface area (Å²) >= 11 is 0. The second-order valence-corrected chi connectivity index (χ2v) is 3.43. The van der Waals surface area contributed by atoms with Crippen LogP contribution in [0.5, 0.6) is 0 Å². The van der Waals surface area contributed by atoms with Crippen LogP contribution in [0.1, 0.15) is 0 Å². The fourth-order valence-corrected chi connectivity index (χ4v) is 1.81.